The summed E-state index contributed by atoms with van der Waals surface area (Å²) in [5.74, 6) is 0.789. The molecule has 1 aromatic heterocycles. The number of H-pyrrole nitrogens is 1. The number of β-amino-alcohol motifs (C(OH)–C–C–N with tert-alkyl or cyclic N) is 1. The van der Waals surface area contributed by atoms with E-state index in [1.807, 2.05) is 12.1 Å². The topological polar surface area (TPSA) is 107 Å². The van der Waals surface area contributed by atoms with Crippen molar-refractivity contribution in [3.8, 4) is 11.4 Å². The molecule has 2 aromatic carbocycles. The van der Waals surface area contributed by atoms with Gasteiger partial charge in [0.1, 0.15) is 5.82 Å². The molecule has 6 N–H and O–H groups in total. The van der Waals surface area contributed by atoms with Gasteiger partial charge in [0.05, 0.1) is 29.0 Å². The van der Waals surface area contributed by atoms with Crippen molar-refractivity contribution < 1.29 is 5.11 Å². The zero-order valence-electron chi connectivity index (χ0n) is 14.7. The molecule has 1 aliphatic rings. The van der Waals surface area contributed by atoms with E-state index >= 15 is 0 Å². The molecule has 0 amide bonds. The van der Waals surface area contributed by atoms with Gasteiger partial charge in [0.25, 0.3) is 0 Å². The van der Waals surface area contributed by atoms with Gasteiger partial charge < -0.3 is 26.5 Å². The number of anilines is 3. The van der Waals surface area contributed by atoms with E-state index in [0.717, 1.165) is 55.1 Å². The number of aromatic amines is 1. The maximum absolute atomic E-state index is 9.07. The van der Waals surface area contributed by atoms with Gasteiger partial charge in [-0.1, -0.05) is 0 Å². The zero-order valence-corrected chi connectivity index (χ0v) is 14.7. The lowest BCUT2D eigenvalue weighted by Crippen LogP contribution is -2.47. The van der Waals surface area contributed by atoms with Crippen molar-refractivity contribution in [2.24, 2.45) is 0 Å². The summed E-state index contributed by atoms with van der Waals surface area (Å²) >= 11 is 0. The quantitative estimate of drug-likeness (QED) is 0.530. The Morgan fingerprint density at radius 3 is 2.54 bits per heavy atom. The first kappa shape index (κ1) is 16.7. The predicted octanol–water partition coefficient (Wildman–Crippen LogP) is 1.51. The van der Waals surface area contributed by atoms with Crippen LogP contribution in [0.2, 0.25) is 0 Å². The van der Waals surface area contributed by atoms with Crippen molar-refractivity contribution in [1.29, 1.82) is 0 Å². The minimum atomic E-state index is 0.220. The Bertz CT molecular complexity index is 914. The number of nitrogens with zero attached hydrogens (tertiary/aromatic N) is 3. The van der Waals surface area contributed by atoms with Crippen molar-refractivity contribution in [2.75, 3.05) is 55.7 Å². The molecule has 0 saturated carbocycles. The smallest absolute Gasteiger partial charge is 0.138 e. The second kappa shape index (κ2) is 6.86. The normalized spacial score (nSPS) is 15.7. The Labute approximate surface area is 152 Å². The number of aliphatic hydroxyl groups is 1. The van der Waals surface area contributed by atoms with Crippen molar-refractivity contribution in [3.05, 3.63) is 36.4 Å². The summed E-state index contributed by atoms with van der Waals surface area (Å²) in [5.41, 5.74) is 16.9. The number of imidazole rings is 1. The minimum Gasteiger partial charge on any atom is -0.397 e. The molecule has 4 rings (SSSR count). The fraction of sp³-hybridized carbons (Fsp3) is 0.316. The van der Waals surface area contributed by atoms with E-state index in [9.17, 15) is 0 Å². The molecule has 26 heavy (non-hydrogen) atoms. The third-order valence-electron chi connectivity index (χ3n) is 4.98. The summed E-state index contributed by atoms with van der Waals surface area (Å²) in [5, 5.41) is 9.07. The molecule has 136 valence electrons. The molecule has 7 heteroatoms. The van der Waals surface area contributed by atoms with Crippen molar-refractivity contribution in [3.63, 3.8) is 0 Å². The maximum Gasteiger partial charge on any atom is 0.138 e. The van der Waals surface area contributed by atoms with Crippen molar-refractivity contribution in [2.45, 2.75) is 0 Å². The van der Waals surface area contributed by atoms with Crippen LogP contribution in [-0.4, -0.2) is 59.3 Å². The standard InChI is InChI=1S/C19H24N6O/c20-15-3-1-13(11-16(15)21)19-22-17-4-2-14(12-18(17)23-19)25-7-5-24(6-8-25)9-10-26/h1-4,11-12,26H,5-10,20-21H2,(H,22,23). The number of nitrogens with two attached hydrogens (primary N) is 2. The highest BCUT2D eigenvalue weighted by molar-refractivity contribution is 5.84. The molecule has 1 saturated heterocycles. The largest absolute Gasteiger partial charge is 0.397 e. The van der Waals surface area contributed by atoms with Crippen LogP contribution in [0.25, 0.3) is 22.4 Å². The third kappa shape index (κ3) is 3.18. The van der Waals surface area contributed by atoms with Gasteiger partial charge in [-0.25, -0.2) is 4.98 Å². The highest BCUT2D eigenvalue weighted by Crippen LogP contribution is 2.27. The first-order valence-electron chi connectivity index (χ1n) is 8.87. The number of nitrogen functional groups attached to an aromatic ring is 2. The number of nitrogens with one attached hydrogen (secondary N) is 1. The van der Waals surface area contributed by atoms with E-state index in [2.05, 4.69) is 33.0 Å². The molecule has 0 aliphatic carbocycles. The van der Waals surface area contributed by atoms with E-state index in [1.54, 1.807) is 6.07 Å². The lowest BCUT2D eigenvalue weighted by atomic mass is 10.1. The van der Waals surface area contributed by atoms with Crippen LogP contribution in [0.15, 0.2) is 36.4 Å². The number of fused-ring (bicyclic) bond motifs is 1. The molecular formula is C19H24N6O. The van der Waals surface area contributed by atoms with Crippen molar-refractivity contribution >= 4 is 28.1 Å². The molecule has 0 unspecified atom stereocenters. The fourth-order valence-electron chi connectivity index (χ4n) is 3.42. The second-order valence-electron chi connectivity index (χ2n) is 6.68. The number of aromatic nitrogens is 2. The van der Waals surface area contributed by atoms with Crippen LogP contribution in [0, 0.1) is 0 Å². The summed E-state index contributed by atoms with van der Waals surface area (Å²) in [6, 6.07) is 11.9. The number of aliphatic hydroxyl groups excluding tert-OH is 1. The Morgan fingerprint density at radius 2 is 1.81 bits per heavy atom. The fourth-order valence-corrected chi connectivity index (χ4v) is 3.42. The number of rotatable bonds is 4. The van der Waals surface area contributed by atoms with Crippen LogP contribution in [0.3, 0.4) is 0 Å². The van der Waals surface area contributed by atoms with Crippen LogP contribution < -0.4 is 16.4 Å². The van der Waals surface area contributed by atoms with Gasteiger partial charge in [-0.05, 0) is 36.4 Å². The molecular weight excluding hydrogens is 328 g/mol. The summed E-state index contributed by atoms with van der Waals surface area (Å²) in [7, 11) is 0. The summed E-state index contributed by atoms with van der Waals surface area (Å²) in [6.45, 7) is 4.82. The molecule has 0 spiro atoms. The second-order valence-corrected chi connectivity index (χ2v) is 6.68. The van der Waals surface area contributed by atoms with Crippen LogP contribution in [-0.2, 0) is 0 Å². The SMILES string of the molecule is Nc1ccc(-c2nc3cc(N4CCN(CCO)CC4)ccc3[nH]2)cc1N. The van der Waals surface area contributed by atoms with E-state index in [1.165, 1.54) is 5.69 Å². The predicted molar refractivity (Wildman–Crippen MR) is 106 cm³/mol. The number of hydrogen-bond acceptors (Lipinski definition) is 6. The molecule has 7 nitrogen and oxygen atoms in total. The molecule has 0 bridgehead atoms. The van der Waals surface area contributed by atoms with Gasteiger partial charge >= 0.3 is 0 Å². The molecule has 2 heterocycles. The highest BCUT2D eigenvalue weighted by atomic mass is 16.3. The average Bonchev–Trinajstić information content (AvgIpc) is 3.08. The van der Waals surface area contributed by atoms with Crippen molar-refractivity contribution in [1.82, 2.24) is 14.9 Å². The average molecular weight is 352 g/mol. The first-order chi connectivity index (χ1) is 12.6. The monoisotopic (exact) mass is 352 g/mol. The lowest BCUT2D eigenvalue weighted by molar-refractivity contribution is 0.189. The highest BCUT2D eigenvalue weighted by Gasteiger charge is 2.17. The van der Waals surface area contributed by atoms with Gasteiger partial charge in [-0.2, -0.15) is 0 Å². The summed E-state index contributed by atoms with van der Waals surface area (Å²) < 4.78 is 0. The lowest BCUT2D eigenvalue weighted by Gasteiger charge is -2.35. The van der Waals surface area contributed by atoms with Crippen LogP contribution in [0.4, 0.5) is 17.1 Å². The molecule has 0 atom stereocenters. The van der Waals surface area contributed by atoms with E-state index in [-0.39, 0.29) is 6.61 Å². The first-order valence-corrected chi connectivity index (χ1v) is 8.87. The Balaban J connectivity index is 1.57. The van der Waals surface area contributed by atoms with E-state index < -0.39 is 0 Å². The molecule has 1 fully saturated rings. The summed E-state index contributed by atoms with van der Waals surface area (Å²) in [4.78, 5) is 12.7. The van der Waals surface area contributed by atoms with Crippen LogP contribution >= 0.6 is 0 Å². The van der Waals surface area contributed by atoms with Gasteiger partial charge in [-0.3, -0.25) is 4.90 Å². The van der Waals surface area contributed by atoms with E-state index in [0.29, 0.717) is 11.4 Å². The Morgan fingerprint density at radius 1 is 1.00 bits per heavy atom. The number of piperazine rings is 1. The molecule has 3 aromatic rings. The van der Waals surface area contributed by atoms with Gasteiger partial charge in [0, 0.05) is 44.0 Å². The number of benzene rings is 2. The van der Waals surface area contributed by atoms with Gasteiger partial charge in [0.2, 0.25) is 0 Å². The summed E-state index contributed by atoms with van der Waals surface area (Å²) in [6.07, 6.45) is 0. The molecule has 1 aliphatic heterocycles. The molecule has 0 radical (unpaired) electrons. The Hall–Kier alpha value is -2.77. The minimum absolute atomic E-state index is 0.220. The third-order valence-corrected chi connectivity index (χ3v) is 4.98. The van der Waals surface area contributed by atoms with Gasteiger partial charge in [-0.15, -0.1) is 0 Å². The Kier molecular flexibility index (Phi) is 4.40. The zero-order chi connectivity index (χ0) is 18.1. The van der Waals surface area contributed by atoms with Crippen LogP contribution in [0.5, 0.6) is 0 Å². The van der Waals surface area contributed by atoms with Crippen LogP contribution in [0.1, 0.15) is 0 Å². The number of hydrogen-bond donors (Lipinski definition) is 4. The van der Waals surface area contributed by atoms with E-state index in [4.69, 9.17) is 21.6 Å². The maximum atomic E-state index is 9.07. The van der Waals surface area contributed by atoms with Gasteiger partial charge in [0.15, 0.2) is 0 Å².